The lowest BCUT2D eigenvalue weighted by molar-refractivity contribution is -0.0336. The second-order valence-electron chi connectivity index (χ2n) is 7.18. The number of carbonyl (C=O) groups excluding carboxylic acids is 1. The number of nitrogens with zero attached hydrogens (tertiary/aromatic N) is 3. The van der Waals surface area contributed by atoms with Gasteiger partial charge >= 0.3 is 6.05 Å². The standard InChI is InChI=1S/C19H18F5N5O/c1-17(4-5-18(22,10-20)16(25)29-17)12-8-11(2-3-13(12)21)19(23,24)28-15(30)14-9-26-6-7-27-14/h2-3,6-9H,4-5,10H2,1H3,(H2,25,29)(H,28,30)/t17-,18+/m0/s1. The molecule has 6 nitrogen and oxygen atoms in total. The number of hydrogen-bond acceptors (Lipinski definition) is 5. The summed E-state index contributed by atoms with van der Waals surface area (Å²) < 4.78 is 71.1. The van der Waals surface area contributed by atoms with Crippen LogP contribution in [0.25, 0.3) is 0 Å². The molecule has 0 fully saturated rings. The number of carbonyl (C=O) groups is 1. The molecule has 1 aromatic carbocycles. The van der Waals surface area contributed by atoms with Crippen LogP contribution in [0.5, 0.6) is 0 Å². The van der Waals surface area contributed by atoms with Crippen LogP contribution in [0.1, 0.15) is 41.4 Å². The second-order valence-corrected chi connectivity index (χ2v) is 7.18. The molecule has 160 valence electrons. The monoisotopic (exact) mass is 427 g/mol. The van der Waals surface area contributed by atoms with Crippen LogP contribution < -0.4 is 11.1 Å². The Morgan fingerprint density at radius 1 is 1.30 bits per heavy atom. The van der Waals surface area contributed by atoms with Crippen molar-refractivity contribution >= 4 is 11.7 Å². The van der Waals surface area contributed by atoms with Gasteiger partial charge in [0.25, 0.3) is 5.91 Å². The van der Waals surface area contributed by atoms with Crippen molar-refractivity contribution in [2.75, 3.05) is 6.67 Å². The molecule has 1 aliphatic heterocycles. The predicted molar refractivity (Wildman–Crippen MR) is 97.8 cm³/mol. The molecule has 11 heteroatoms. The average Bonchev–Trinajstić information content (AvgIpc) is 2.71. The number of hydrogen-bond donors (Lipinski definition) is 2. The molecule has 0 bridgehead atoms. The largest absolute Gasteiger partial charge is 0.385 e. The zero-order valence-corrected chi connectivity index (χ0v) is 15.8. The smallest absolute Gasteiger partial charge is 0.352 e. The van der Waals surface area contributed by atoms with Crippen LogP contribution in [0, 0.1) is 5.82 Å². The van der Waals surface area contributed by atoms with Crippen molar-refractivity contribution in [3.63, 3.8) is 0 Å². The molecule has 2 heterocycles. The van der Waals surface area contributed by atoms with Gasteiger partial charge in [-0.1, -0.05) is 0 Å². The summed E-state index contributed by atoms with van der Waals surface area (Å²) in [6, 6.07) is -1.48. The first-order chi connectivity index (χ1) is 14.0. The molecule has 1 aromatic heterocycles. The molecule has 1 amide bonds. The Kier molecular flexibility index (Phi) is 5.48. The molecule has 0 saturated heterocycles. The summed E-state index contributed by atoms with van der Waals surface area (Å²) in [6.45, 7) is -0.0104. The van der Waals surface area contributed by atoms with Crippen LogP contribution in [-0.2, 0) is 11.6 Å². The van der Waals surface area contributed by atoms with E-state index >= 15 is 0 Å². The van der Waals surface area contributed by atoms with Gasteiger partial charge in [-0.25, -0.2) is 18.2 Å². The van der Waals surface area contributed by atoms with E-state index in [0.29, 0.717) is 0 Å². The fourth-order valence-corrected chi connectivity index (χ4v) is 3.15. The Balaban J connectivity index is 1.94. The number of rotatable bonds is 5. The maximum atomic E-state index is 14.7. The minimum absolute atomic E-state index is 0.161. The van der Waals surface area contributed by atoms with E-state index in [4.69, 9.17) is 5.73 Å². The van der Waals surface area contributed by atoms with Gasteiger partial charge in [-0.05, 0) is 38.0 Å². The number of nitrogens with two attached hydrogens (primary N) is 1. The van der Waals surface area contributed by atoms with Gasteiger partial charge in [-0.3, -0.25) is 20.1 Å². The molecule has 3 rings (SSSR count). The van der Waals surface area contributed by atoms with Gasteiger partial charge < -0.3 is 5.73 Å². The Morgan fingerprint density at radius 2 is 2.03 bits per heavy atom. The maximum Gasteiger partial charge on any atom is 0.352 e. The minimum Gasteiger partial charge on any atom is -0.385 e. The number of alkyl halides is 4. The first-order valence-corrected chi connectivity index (χ1v) is 8.88. The van der Waals surface area contributed by atoms with E-state index in [-0.39, 0.29) is 17.7 Å². The van der Waals surface area contributed by atoms with E-state index in [0.717, 1.165) is 30.6 Å². The highest BCUT2D eigenvalue weighted by atomic mass is 19.3. The Hall–Kier alpha value is -3.11. The third-order valence-electron chi connectivity index (χ3n) is 5.02. The van der Waals surface area contributed by atoms with Gasteiger partial charge in [0.15, 0.2) is 5.67 Å². The molecule has 2 atom stereocenters. The van der Waals surface area contributed by atoms with Gasteiger partial charge in [-0.15, -0.1) is 0 Å². The Bertz CT molecular complexity index is 987. The van der Waals surface area contributed by atoms with Crippen molar-refractivity contribution in [3.8, 4) is 0 Å². The summed E-state index contributed by atoms with van der Waals surface area (Å²) in [5, 5.41) is 1.51. The molecular formula is C19H18F5N5O. The van der Waals surface area contributed by atoms with Crippen molar-refractivity contribution in [1.29, 1.82) is 0 Å². The summed E-state index contributed by atoms with van der Waals surface area (Å²) in [5.74, 6) is -2.72. The SMILES string of the molecule is C[C@@]1(c2cc(C(F)(F)NC(=O)c3cnccn3)ccc2F)CC[C@@](F)(CF)C(N)=N1. The number of amidine groups is 1. The minimum atomic E-state index is -3.89. The van der Waals surface area contributed by atoms with Crippen LogP contribution in [0.15, 0.2) is 41.8 Å². The van der Waals surface area contributed by atoms with E-state index in [9.17, 15) is 26.7 Å². The maximum absolute atomic E-state index is 14.7. The van der Waals surface area contributed by atoms with Crippen molar-refractivity contribution < 1.29 is 26.7 Å². The third kappa shape index (κ3) is 3.96. The van der Waals surface area contributed by atoms with E-state index in [1.54, 1.807) is 0 Å². The fourth-order valence-electron chi connectivity index (χ4n) is 3.15. The zero-order valence-electron chi connectivity index (χ0n) is 15.8. The lowest BCUT2D eigenvalue weighted by Crippen LogP contribution is -2.48. The molecule has 3 N–H and O–H groups in total. The summed E-state index contributed by atoms with van der Waals surface area (Å²) in [4.78, 5) is 23.2. The summed E-state index contributed by atoms with van der Waals surface area (Å²) >= 11 is 0. The lowest BCUT2D eigenvalue weighted by Gasteiger charge is -2.36. The zero-order chi connectivity index (χ0) is 22.2. The number of benzene rings is 1. The van der Waals surface area contributed by atoms with Crippen molar-refractivity contribution in [2.45, 2.75) is 37.0 Å². The molecule has 30 heavy (non-hydrogen) atoms. The summed E-state index contributed by atoms with van der Waals surface area (Å²) in [5.41, 5.74) is 0.239. The molecule has 2 aromatic rings. The van der Waals surface area contributed by atoms with E-state index < -0.39 is 53.5 Å². The molecule has 0 saturated carbocycles. The van der Waals surface area contributed by atoms with Crippen LogP contribution in [0.3, 0.4) is 0 Å². The van der Waals surface area contributed by atoms with E-state index in [2.05, 4.69) is 15.0 Å². The molecular weight excluding hydrogens is 409 g/mol. The third-order valence-corrected chi connectivity index (χ3v) is 5.02. The van der Waals surface area contributed by atoms with Crippen LogP contribution in [0.2, 0.25) is 0 Å². The van der Waals surface area contributed by atoms with Crippen LogP contribution in [-0.4, -0.2) is 34.1 Å². The van der Waals surface area contributed by atoms with Crippen molar-refractivity contribution in [3.05, 3.63) is 59.4 Å². The van der Waals surface area contributed by atoms with Gasteiger partial charge in [-0.2, -0.15) is 8.78 Å². The predicted octanol–water partition coefficient (Wildman–Crippen LogP) is 3.14. The molecule has 1 aliphatic rings. The molecule has 0 aliphatic carbocycles. The normalized spacial score (nSPS) is 24.3. The molecule has 0 radical (unpaired) electrons. The highest BCUT2D eigenvalue weighted by Crippen LogP contribution is 2.41. The number of nitrogens with one attached hydrogen (secondary N) is 1. The quantitative estimate of drug-likeness (QED) is 0.566. The number of aliphatic imine (C=N–C) groups is 1. The van der Waals surface area contributed by atoms with Gasteiger partial charge in [0.2, 0.25) is 0 Å². The van der Waals surface area contributed by atoms with Gasteiger partial charge in [0, 0.05) is 23.5 Å². The molecule has 0 unspecified atom stereocenters. The first kappa shape index (κ1) is 21.6. The highest BCUT2D eigenvalue weighted by molar-refractivity contribution is 5.92. The summed E-state index contributed by atoms with van der Waals surface area (Å²) in [7, 11) is 0. The van der Waals surface area contributed by atoms with E-state index in [1.807, 2.05) is 0 Å². The van der Waals surface area contributed by atoms with E-state index in [1.165, 1.54) is 18.4 Å². The highest BCUT2D eigenvalue weighted by Gasteiger charge is 2.45. The van der Waals surface area contributed by atoms with Crippen molar-refractivity contribution in [1.82, 2.24) is 15.3 Å². The summed E-state index contributed by atoms with van der Waals surface area (Å²) in [6.07, 6.45) is 2.89. The number of amides is 1. The lowest BCUT2D eigenvalue weighted by atomic mass is 9.80. The van der Waals surface area contributed by atoms with Crippen molar-refractivity contribution in [2.24, 2.45) is 10.7 Å². The second kappa shape index (κ2) is 7.62. The van der Waals surface area contributed by atoms with Crippen LogP contribution >= 0.6 is 0 Å². The Morgan fingerprint density at radius 3 is 2.63 bits per heavy atom. The molecule has 0 spiro atoms. The first-order valence-electron chi connectivity index (χ1n) is 8.88. The topological polar surface area (TPSA) is 93.3 Å². The number of aromatic nitrogens is 2. The fraction of sp³-hybridized carbons (Fsp3) is 0.368. The van der Waals surface area contributed by atoms with Gasteiger partial charge in [0.05, 0.1) is 11.7 Å². The van der Waals surface area contributed by atoms with Gasteiger partial charge in [0.1, 0.15) is 24.0 Å². The Labute approximate surface area is 168 Å². The number of halogens is 5. The van der Waals surface area contributed by atoms with Crippen LogP contribution in [0.4, 0.5) is 22.0 Å². The average molecular weight is 427 g/mol.